The molecule has 2 heterocycles. The van der Waals surface area contributed by atoms with Crippen LogP contribution in [0.4, 0.5) is 5.69 Å². The third-order valence-electron chi connectivity index (χ3n) is 5.93. The van der Waals surface area contributed by atoms with Gasteiger partial charge in [-0.05, 0) is 29.8 Å². The van der Waals surface area contributed by atoms with Gasteiger partial charge < -0.3 is 10.2 Å². The molecule has 1 unspecified atom stereocenters. The Bertz CT molecular complexity index is 1250. The number of anilines is 1. The van der Waals surface area contributed by atoms with Gasteiger partial charge in [0, 0.05) is 31.1 Å². The van der Waals surface area contributed by atoms with Gasteiger partial charge in [-0.1, -0.05) is 66.7 Å². The van der Waals surface area contributed by atoms with Gasteiger partial charge in [-0.2, -0.15) is 5.10 Å². The fourth-order valence-corrected chi connectivity index (χ4v) is 4.32. The second-order valence-electron chi connectivity index (χ2n) is 8.10. The number of hydrogen-bond donors (Lipinski definition) is 1. The van der Waals surface area contributed by atoms with Crippen LogP contribution >= 0.6 is 0 Å². The van der Waals surface area contributed by atoms with Gasteiger partial charge in [0.05, 0.1) is 23.1 Å². The molecule has 6 heteroatoms. The fourth-order valence-electron chi connectivity index (χ4n) is 4.32. The average Bonchev–Trinajstić information content (AvgIpc) is 3.48. The van der Waals surface area contributed by atoms with Crippen LogP contribution in [0.2, 0.25) is 0 Å². The minimum Gasteiger partial charge on any atom is -0.348 e. The third-order valence-corrected chi connectivity index (χ3v) is 5.93. The number of aromatic nitrogens is 2. The van der Waals surface area contributed by atoms with E-state index in [1.165, 1.54) is 0 Å². The molecule has 0 bridgehead atoms. The lowest BCUT2D eigenvalue weighted by atomic mass is 9.99. The van der Waals surface area contributed by atoms with E-state index in [9.17, 15) is 9.59 Å². The molecule has 0 spiro atoms. The molecule has 1 aliphatic rings. The zero-order valence-electron chi connectivity index (χ0n) is 18.1. The smallest absolute Gasteiger partial charge is 0.255 e. The molecule has 1 aliphatic heterocycles. The van der Waals surface area contributed by atoms with E-state index in [0.29, 0.717) is 25.1 Å². The first kappa shape index (κ1) is 20.7. The van der Waals surface area contributed by atoms with Gasteiger partial charge in [0.15, 0.2) is 0 Å². The molecule has 3 aromatic carbocycles. The molecule has 1 N–H and O–H groups in total. The summed E-state index contributed by atoms with van der Waals surface area (Å²) < 4.78 is 1.80. The molecule has 33 heavy (non-hydrogen) atoms. The topological polar surface area (TPSA) is 67.2 Å². The molecular formula is C27H24N4O2. The highest BCUT2D eigenvalue weighted by atomic mass is 16.2. The zero-order valence-corrected chi connectivity index (χ0v) is 18.1. The molecule has 0 aliphatic carbocycles. The minimum absolute atomic E-state index is 0.0441. The van der Waals surface area contributed by atoms with Gasteiger partial charge in [-0.3, -0.25) is 9.59 Å². The maximum absolute atomic E-state index is 13.2. The summed E-state index contributed by atoms with van der Waals surface area (Å²) >= 11 is 0. The quantitative estimate of drug-likeness (QED) is 0.489. The van der Waals surface area contributed by atoms with Crippen molar-refractivity contribution >= 4 is 17.5 Å². The summed E-state index contributed by atoms with van der Waals surface area (Å²) in [4.78, 5) is 27.9. The number of carbonyl (C=O) groups is 2. The normalized spacial score (nSPS) is 15.6. The summed E-state index contributed by atoms with van der Waals surface area (Å²) in [5.74, 6) is -0.304. The highest BCUT2D eigenvalue weighted by Crippen LogP contribution is 2.34. The van der Waals surface area contributed by atoms with Crippen molar-refractivity contribution < 1.29 is 9.59 Å². The van der Waals surface area contributed by atoms with Crippen molar-refractivity contribution in [3.05, 3.63) is 114 Å². The van der Waals surface area contributed by atoms with Crippen molar-refractivity contribution in [2.45, 2.75) is 18.9 Å². The van der Waals surface area contributed by atoms with Crippen molar-refractivity contribution in [1.29, 1.82) is 0 Å². The Balaban J connectivity index is 1.47. The van der Waals surface area contributed by atoms with Crippen molar-refractivity contribution in [2.75, 3.05) is 11.4 Å². The number of para-hydroxylation sites is 2. The fraction of sp³-hybridized carbons (Fsp3) is 0.148. The number of benzene rings is 3. The molecule has 1 fully saturated rings. The van der Waals surface area contributed by atoms with Crippen LogP contribution in [0.15, 0.2) is 97.2 Å². The zero-order chi connectivity index (χ0) is 22.6. The highest BCUT2D eigenvalue weighted by molar-refractivity contribution is 5.98. The van der Waals surface area contributed by atoms with E-state index < -0.39 is 0 Å². The predicted octanol–water partition coefficient (Wildman–Crippen LogP) is 4.32. The molecule has 2 amide bonds. The lowest BCUT2D eigenvalue weighted by molar-refractivity contribution is -0.117. The molecule has 1 saturated heterocycles. The minimum atomic E-state index is -0.193. The van der Waals surface area contributed by atoms with E-state index in [2.05, 4.69) is 10.4 Å². The Labute approximate surface area is 192 Å². The van der Waals surface area contributed by atoms with Crippen LogP contribution in [0.5, 0.6) is 0 Å². The molecule has 1 atom stereocenters. The first-order chi connectivity index (χ1) is 16.2. The van der Waals surface area contributed by atoms with E-state index in [-0.39, 0.29) is 17.7 Å². The van der Waals surface area contributed by atoms with Gasteiger partial charge in [0.2, 0.25) is 5.91 Å². The first-order valence-electron chi connectivity index (χ1n) is 11.0. The maximum Gasteiger partial charge on any atom is 0.255 e. The number of amides is 2. The summed E-state index contributed by atoms with van der Waals surface area (Å²) in [6.07, 6.45) is 1.94. The second kappa shape index (κ2) is 9.12. The lowest BCUT2D eigenvalue weighted by Gasteiger charge is -2.18. The van der Waals surface area contributed by atoms with E-state index in [0.717, 1.165) is 22.6 Å². The number of carbonyl (C=O) groups excluding carboxylic acids is 2. The van der Waals surface area contributed by atoms with Crippen LogP contribution in [-0.2, 0) is 11.3 Å². The average molecular weight is 437 g/mol. The summed E-state index contributed by atoms with van der Waals surface area (Å²) in [7, 11) is 0. The van der Waals surface area contributed by atoms with E-state index in [1.807, 2.05) is 91.0 Å². The summed E-state index contributed by atoms with van der Waals surface area (Å²) in [5.41, 5.74) is 4.02. The molecule has 164 valence electrons. The Morgan fingerprint density at radius 1 is 0.879 bits per heavy atom. The number of nitrogens with one attached hydrogen (secondary N) is 1. The molecule has 4 aromatic rings. The Hall–Kier alpha value is -4.19. The second-order valence-corrected chi connectivity index (χ2v) is 8.10. The molecule has 6 nitrogen and oxygen atoms in total. The summed E-state index contributed by atoms with van der Waals surface area (Å²) in [6, 6.07) is 29.2. The van der Waals surface area contributed by atoms with Gasteiger partial charge >= 0.3 is 0 Å². The van der Waals surface area contributed by atoms with E-state index in [1.54, 1.807) is 15.8 Å². The number of hydrogen-bond acceptors (Lipinski definition) is 3. The largest absolute Gasteiger partial charge is 0.348 e. The standard InChI is InChI=1S/C27H24N4O2/c32-25-16-21(19-30(25)22-12-6-2-7-13-22)26-24(18-29-31(26)23-14-8-3-9-15-23)27(33)28-17-20-10-4-1-5-11-20/h1-15,18,21H,16-17,19H2,(H,28,33). The van der Waals surface area contributed by atoms with Crippen LogP contribution in [0, 0.1) is 0 Å². The van der Waals surface area contributed by atoms with Crippen molar-refractivity contribution in [3.8, 4) is 5.69 Å². The molecular weight excluding hydrogens is 412 g/mol. The summed E-state index contributed by atoms with van der Waals surface area (Å²) in [5, 5.41) is 7.56. The monoisotopic (exact) mass is 436 g/mol. The highest BCUT2D eigenvalue weighted by Gasteiger charge is 2.36. The van der Waals surface area contributed by atoms with Gasteiger partial charge in [-0.25, -0.2) is 4.68 Å². The van der Waals surface area contributed by atoms with E-state index >= 15 is 0 Å². The Kier molecular flexibility index (Phi) is 5.72. The molecule has 0 saturated carbocycles. The third kappa shape index (κ3) is 4.28. The van der Waals surface area contributed by atoms with E-state index in [4.69, 9.17) is 0 Å². The van der Waals surface area contributed by atoms with Crippen LogP contribution < -0.4 is 10.2 Å². The van der Waals surface area contributed by atoms with Crippen LogP contribution in [0.3, 0.4) is 0 Å². The van der Waals surface area contributed by atoms with Crippen LogP contribution in [-0.4, -0.2) is 28.1 Å². The van der Waals surface area contributed by atoms with Crippen LogP contribution in [0.1, 0.15) is 34.0 Å². The SMILES string of the molecule is O=C(NCc1ccccc1)c1cnn(-c2ccccc2)c1C1CC(=O)N(c2ccccc2)C1. The number of nitrogens with zero attached hydrogens (tertiary/aromatic N) is 3. The Morgan fingerprint density at radius 3 is 2.15 bits per heavy atom. The lowest BCUT2D eigenvalue weighted by Crippen LogP contribution is -2.26. The summed E-state index contributed by atoms with van der Waals surface area (Å²) in [6.45, 7) is 0.926. The Morgan fingerprint density at radius 2 is 1.48 bits per heavy atom. The van der Waals surface area contributed by atoms with Gasteiger partial charge in [-0.15, -0.1) is 0 Å². The molecule has 5 rings (SSSR count). The van der Waals surface area contributed by atoms with Gasteiger partial charge in [0.25, 0.3) is 5.91 Å². The predicted molar refractivity (Wildman–Crippen MR) is 127 cm³/mol. The van der Waals surface area contributed by atoms with Crippen LogP contribution in [0.25, 0.3) is 5.69 Å². The number of rotatable bonds is 6. The maximum atomic E-state index is 13.2. The first-order valence-corrected chi connectivity index (χ1v) is 11.0. The molecule has 0 radical (unpaired) electrons. The molecule has 1 aromatic heterocycles. The van der Waals surface area contributed by atoms with Gasteiger partial charge in [0.1, 0.15) is 0 Å². The van der Waals surface area contributed by atoms with Crippen molar-refractivity contribution in [3.63, 3.8) is 0 Å². The van der Waals surface area contributed by atoms with Crippen molar-refractivity contribution in [1.82, 2.24) is 15.1 Å². The van der Waals surface area contributed by atoms with Crippen molar-refractivity contribution in [2.24, 2.45) is 0 Å².